The smallest absolute Gasteiger partial charge is 0.0841 e. The van der Waals surface area contributed by atoms with E-state index in [9.17, 15) is 0 Å². The summed E-state index contributed by atoms with van der Waals surface area (Å²) < 4.78 is 1.95. The zero-order valence-electron chi connectivity index (χ0n) is 9.73. The predicted molar refractivity (Wildman–Crippen MR) is 70.8 cm³/mol. The van der Waals surface area contributed by atoms with Gasteiger partial charge in [0.25, 0.3) is 0 Å². The molecule has 0 aliphatic carbocycles. The standard InChI is InChI=1S/C12H17N3S/c1-15-12-6-4-3-5-10(12)11(14-15)9-13-7-8-16-2/h3-6,13H,7-9H2,1-2H3. The Morgan fingerprint density at radius 2 is 2.19 bits per heavy atom. The van der Waals surface area contributed by atoms with E-state index in [0.717, 1.165) is 24.5 Å². The van der Waals surface area contributed by atoms with Gasteiger partial charge in [-0.2, -0.15) is 16.9 Å². The molecule has 16 heavy (non-hydrogen) atoms. The molecule has 0 saturated carbocycles. The lowest BCUT2D eigenvalue weighted by Gasteiger charge is -2.00. The van der Waals surface area contributed by atoms with Gasteiger partial charge in [-0.25, -0.2) is 0 Å². The molecule has 3 nitrogen and oxygen atoms in total. The fraction of sp³-hybridized carbons (Fsp3) is 0.417. The fourth-order valence-corrected chi connectivity index (χ4v) is 2.15. The summed E-state index contributed by atoms with van der Waals surface area (Å²) in [6.07, 6.45) is 2.12. The largest absolute Gasteiger partial charge is 0.310 e. The lowest BCUT2D eigenvalue weighted by Crippen LogP contribution is -2.17. The maximum absolute atomic E-state index is 4.53. The monoisotopic (exact) mass is 235 g/mol. The van der Waals surface area contributed by atoms with E-state index in [1.54, 1.807) is 0 Å². The first kappa shape index (κ1) is 11.5. The Morgan fingerprint density at radius 3 is 3.00 bits per heavy atom. The van der Waals surface area contributed by atoms with Gasteiger partial charge in [-0.05, 0) is 12.3 Å². The Bertz CT molecular complexity index is 464. The summed E-state index contributed by atoms with van der Waals surface area (Å²) in [7, 11) is 1.99. The van der Waals surface area contributed by atoms with Gasteiger partial charge >= 0.3 is 0 Å². The number of fused-ring (bicyclic) bond motifs is 1. The highest BCUT2D eigenvalue weighted by molar-refractivity contribution is 7.98. The first-order chi connectivity index (χ1) is 7.83. The third-order valence-corrected chi connectivity index (χ3v) is 3.22. The number of nitrogens with one attached hydrogen (secondary N) is 1. The van der Waals surface area contributed by atoms with Gasteiger partial charge in [-0.1, -0.05) is 18.2 Å². The Balaban J connectivity index is 2.12. The van der Waals surface area contributed by atoms with Crippen molar-refractivity contribution in [3.63, 3.8) is 0 Å². The summed E-state index contributed by atoms with van der Waals surface area (Å²) >= 11 is 1.86. The van der Waals surface area contributed by atoms with Crippen LogP contribution in [0, 0.1) is 0 Å². The van der Waals surface area contributed by atoms with Crippen molar-refractivity contribution in [3.05, 3.63) is 30.0 Å². The topological polar surface area (TPSA) is 29.9 Å². The van der Waals surface area contributed by atoms with Crippen molar-refractivity contribution in [2.24, 2.45) is 7.05 Å². The van der Waals surface area contributed by atoms with E-state index in [4.69, 9.17) is 0 Å². The average Bonchev–Trinajstić information content (AvgIpc) is 2.63. The average molecular weight is 235 g/mol. The van der Waals surface area contributed by atoms with E-state index in [2.05, 4.69) is 40.9 Å². The molecule has 1 aromatic carbocycles. The predicted octanol–water partition coefficient (Wildman–Crippen LogP) is 2.03. The Morgan fingerprint density at radius 1 is 1.38 bits per heavy atom. The second-order valence-electron chi connectivity index (χ2n) is 3.76. The molecular formula is C12H17N3S. The van der Waals surface area contributed by atoms with Crippen LogP contribution in [0.4, 0.5) is 0 Å². The number of nitrogens with zero attached hydrogens (tertiary/aromatic N) is 2. The van der Waals surface area contributed by atoms with Gasteiger partial charge in [-0.15, -0.1) is 0 Å². The van der Waals surface area contributed by atoms with E-state index >= 15 is 0 Å². The fourth-order valence-electron chi connectivity index (χ4n) is 1.80. The molecule has 0 amide bonds. The normalized spacial score (nSPS) is 11.1. The van der Waals surface area contributed by atoms with Gasteiger partial charge in [0.05, 0.1) is 11.2 Å². The van der Waals surface area contributed by atoms with Crippen LogP contribution in [0.15, 0.2) is 24.3 Å². The summed E-state index contributed by atoms with van der Waals surface area (Å²) in [6.45, 7) is 1.88. The Labute approximate surface area is 100 Å². The van der Waals surface area contributed by atoms with Gasteiger partial charge in [0.1, 0.15) is 0 Å². The van der Waals surface area contributed by atoms with Crippen LogP contribution in [-0.2, 0) is 13.6 Å². The van der Waals surface area contributed by atoms with Crippen molar-refractivity contribution >= 4 is 22.7 Å². The summed E-state index contributed by atoms with van der Waals surface area (Å²) in [5, 5.41) is 9.20. The number of benzene rings is 1. The maximum atomic E-state index is 4.53. The third-order valence-electron chi connectivity index (χ3n) is 2.61. The number of aryl methyl sites for hydroxylation is 1. The molecule has 0 spiro atoms. The summed E-state index contributed by atoms with van der Waals surface area (Å²) in [5.41, 5.74) is 2.34. The van der Waals surface area contributed by atoms with Crippen molar-refractivity contribution in [1.29, 1.82) is 0 Å². The lowest BCUT2D eigenvalue weighted by molar-refractivity contribution is 0.688. The quantitative estimate of drug-likeness (QED) is 0.804. The van der Waals surface area contributed by atoms with E-state index in [1.165, 1.54) is 10.9 Å². The highest BCUT2D eigenvalue weighted by atomic mass is 32.2. The molecule has 0 atom stereocenters. The number of aromatic nitrogens is 2. The number of rotatable bonds is 5. The van der Waals surface area contributed by atoms with Crippen LogP contribution in [0.2, 0.25) is 0 Å². The van der Waals surface area contributed by atoms with Gasteiger partial charge in [0, 0.05) is 31.3 Å². The molecule has 0 fully saturated rings. The van der Waals surface area contributed by atoms with Crippen LogP contribution >= 0.6 is 11.8 Å². The zero-order valence-corrected chi connectivity index (χ0v) is 10.5. The minimum absolute atomic E-state index is 0.849. The minimum atomic E-state index is 0.849. The van der Waals surface area contributed by atoms with Crippen LogP contribution in [0.5, 0.6) is 0 Å². The Hall–Kier alpha value is -1.00. The number of para-hydroxylation sites is 1. The number of hydrogen-bond acceptors (Lipinski definition) is 3. The molecule has 1 N–H and O–H groups in total. The molecule has 1 aromatic heterocycles. The lowest BCUT2D eigenvalue weighted by atomic mass is 10.2. The SMILES string of the molecule is CSCCNCc1nn(C)c2ccccc12. The second-order valence-corrected chi connectivity index (χ2v) is 4.74. The van der Waals surface area contributed by atoms with Crippen LogP contribution in [-0.4, -0.2) is 28.3 Å². The molecule has 0 aliphatic heterocycles. The maximum Gasteiger partial charge on any atom is 0.0841 e. The molecule has 0 bridgehead atoms. The van der Waals surface area contributed by atoms with E-state index in [-0.39, 0.29) is 0 Å². The van der Waals surface area contributed by atoms with E-state index in [1.807, 2.05) is 23.5 Å². The van der Waals surface area contributed by atoms with Gasteiger partial charge in [-0.3, -0.25) is 4.68 Å². The highest BCUT2D eigenvalue weighted by Gasteiger charge is 2.06. The van der Waals surface area contributed by atoms with Gasteiger partial charge < -0.3 is 5.32 Å². The molecule has 2 aromatic rings. The summed E-state index contributed by atoms with van der Waals surface area (Å²) in [4.78, 5) is 0. The van der Waals surface area contributed by atoms with Crippen LogP contribution in [0.3, 0.4) is 0 Å². The van der Waals surface area contributed by atoms with Crippen LogP contribution in [0.25, 0.3) is 10.9 Å². The van der Waals surface area contributed by atoms with Gasteiger partial charge in [0.2, 0.25) is 0 Å². The van der Waals surface area contributed by atoms with Crippen molar-refractivity contribution in [2.45, 2.75) is 6.54 Å². The number of thioether (sulfide) groups is 1. The Kier molecular flexibility index (Phi) is 3.85. The van der Waals surface area contributed by atoms with Crippen molar-refractivity contribution < 1.29 is 0 Å². The summed E-state index contributed by atoms with van der Waals surface area (Å²) in [5.74, 6) is 1.14. The van der Waals surface area contributed by atoms with Crippen molar-refractivity contribution in [1.82, 2.24) is 15.1 Å². The number of hydrogen-bond donors (Lipinski definition) is 1. The van der Waals surface area contributed by atoms with Crippen LogP contribution < -0.4 is 5.32 Å². The van der Waals surface area contributed by atoms with Gasteiger partial charge in [0.15, 0.2) is 0 Å². The van der Waals surface area contributed by atoms with Crippen molar-refractivity contribution in [2.75, 3.05) is 18.6 Å². The molecule has 0 radical (unpaired) electrons. The first-order valence-electron chi connectivity index (χ1n) is 5.43. The van der Waals surface area contributed by atoms with Crippen LogP contribution in [0.1, 0.15) is 5.69 Å². The molecule has 4 heteroatoms. The first-order valence-corrected chi connectivity index (χ1v) is 6.82. The zero-order chi connectivity index (χ0) is 11.4. The molecule has 0 unspecified atom stereocenters. The minimum Gasteiger partial charge on any atom is -0.310 e. The van der Waals surface area contributed by atoms with E-state index < -0.39 is 0 Å². The van der Waals surface area contributed by atoms with E-state index in [0.29, 0.717) is 0 Å². The second kappa shape index (κ2) is 5.37. The van der Waals surface area contributed by atoms with Crippen molar-refractivity contribution in [3.8, 4) is 0 Å². The molecule has 1 heterocycles. The molecule has 0 saturated heterocycles. The summed E-state index contributed by atoms with van der Waals surface area (Å²) in [6, 6.07) is 8.35. The molecule has 0 aliphatic rings. The molecule has 2 rings (SSSR count). The molecule has 86 valence electrons. The molecular weight excluding hydrogens is 218 g/mol. The highest BCUT2D eigenvalue weighted by Crippen LogP contribution is 2.16. The third kappa shape index (κ3) is 2.39.